The zero-order valence-electron chi connectivity index (χ0n) is 8.58. The van der Waals surface area contributed by atoms with Crippen molar-refractivity contribution in [2.45, 2.75) is 19.8 Å². The van der Waals surface area contributed by atoms with E-state index in [0.717, 1.165) is 11.3 Å². The maximum atomic E-state index is 11.1. The molecule has 1 rings (SSSR count). The summed E-state index contributed by atoms with van der Waals surface area (Å²) in [6, 6.07) is 7.80. The van der Waals surface area contributed by atoms with Gasteiger partial charge in [0.15, 0.2) is 0 Å². The largest absolute Gasteiger partial charge is 0.322 e. The maximum Gasteiger partial charge on any atom is 0.247 e. The van der Waals surface area contributed by atoms with Crippen LogP contribution in [0.1, 0.15) is 25.3 Å². The van der Waals surface area contributed by atoms with Crippen molar-refractivity contribution < 1.29 is 4.79 Å². The molecule has 0 spiro atoms. The zero-order chi connectivity index (χ0) is 10.6. The molecule has 0 aliphatic rings. The van der Waals surface area contributed by atoms with Crippen LogP contribution >= 0.6 is 0 Å². The second-order valence-corrected chi connectivity index (χ2v) is 3.44. The number of para-hydroxylation sites is 1. The molecule has 0 heterocycles. The third kappa shape index (κ3) is 2.46. The summed E-state index contributed by atoms with van der Waals surface area (Å²) in [6.45, 7) is 7.61. The second-order valence-electron chi connectivity index (χ2n) is 3.44. The molecule has 0 unspecified atom stereocenters. The number of nitrogens with one attached hydrogen (secondary N) is 1. The van der Waals surface area contributed by atoms with Crippen molar-refractivity contribution in [3.05, 3.63) is 42.5 Å². The molecule has 0 saturated carbocycles. The number of benzene rings is 1. The van der Waals surface area contributed by atoms with Crippen LogP contribution in [0.15, 0.2) is 36.9 Å². The molecule has 2 heteroatoms. The van der Waals surface area contributed by atoms with Crippen molar-refractivity contribution in [1.82, 2.24) is 0 Å². The van der Waals surface area contributed by atoms with Gasteiger partial charge < -0.3 is 5.32 Å². The normalized spacial score (nSPS) is 9.93. The van der Waals surface area contributed by atoms with Crippen LogP contribution in [0.4, 0.5) is 5.69 Å². The number of amides is 1. The van der Waals surface area contributed by atoms with Gasteiger partial charge in [0, 0.05) is 5.69 Å². The van der Waals surface area contributed by atoms with Crippen molar-refractivity contribution >= 4 is 11.6 Å². The summed E-state index contributed by atoms with van der Waals surface area (Å²) in [5.74, 6) is 0.231. The van der Waals surface area contributed by atoms with Crippen LogP contribution in [0.2, 0.25) is 0 Å². The number of hydrogen-bond acceptors (Lipinski definition) is 1. The molecular weight excluding hydrogens is 174 g/mol. The number of carbonyl (C=O) groups is 1. The highest BCUT2D eigenvalue weighted by molar-refractivity contribution is 5.99. The molecule has 0 radical (unpaired) electrons. The van der Waals surface area contributed by atoms with Gasteiger partial charge in [0.2, 0.25) is 5.91 Å². The Labute approximate surface area is 84.6 Å². The summed E-state index contributed by atoms with van der Waals surface area (Å²) < 4.78 is 0. The third-order valence-corrected chi connectivity index (χ3v) is 2.03. The first-order valence-corrected chi connectivity index (χ1v) is 4.67. The van der Waals surface area contributed by atoms with E-state index >= 15 is 0 Å². The summed E-state index contributed by atoms with van der Waals surface area (Å²) in [4.78, 5) is 11.1. The van der Waals surface area contributed by atoms with Crippen LogP contribution in [-0.2, 0) is 4.79 Å². The SMILES string of the molecule is C=CC(=O)Nc1ccccc1C(C)C. The number of rotatable bonds is 3. The van der Waals surface area contributed by atoms with Crippen molar-refractivity contribution in [2.75, 3.05) is 5.32 Å². The van der Waals surface area contributed by atoms with Crippen molar-refractivity contribution in [3.63, 3.8) is 0 Å². The van der Waals surface area contributed by atoms with Gasteiger partial charge in [-0.25, -0.2) is 0 Å². The van der Waals surface area contributed by atoms with Gasteiger partial charge in [0.1, 0.15) is 0 Å². The van der Waals surface area contributed by atoms with E-state index in [2.05, 4.69) is 25.7 Å². The van der Waals surface area contributed by atoms with Crippen LogP contribution in [0.5, 0.6) is 0 Å². The first-order chi connectivity index (χ1) is 6.65. The lowest BCUT2D eigenvalue weighted by Gasteiger charge is -2.12. The quantitative estimate of drug-likeness (QED) is 0.728. The third-order valence-electron chi connectivity index (χ3n) is 2.03. The van der Waals surface area contributed by atoms with Crippen molar-refractivity contribution in [1.29, 1.82) is 0 Å². The minimum Gasteiger partial charge on any atom is -0.322 e. The van der Waals surface area contributed by atoms with Gasteiger partial charge in [0.25, 0.3) is 0 Å². The highest BCUT2D eigenvalue weighted by Gasteiger charge is 2.06. The van der Waals surface area contributed by atoms with E-state index in [4.69, 9.17) is 0 Å². The minimum absolute atomic E-state index is 0.168. The van der Waals surface area contributed by atoms with E-state index in [1.807, 2.05) is 24.3 Å². The lowest BCUT2D eigenvalue weighted by atomic mass is 10.0. The molecule has 0 fully saturated rings. The van der Waals surface area contributed by atoms with E-state index in [-0.39, 0.29) is 5.91 Å². The van der Waals surface area contributed by atoms with Gasteiger partial charge in [-0.15, -0.1) is 0 Å². The van der Waals surface area contributed by atoms with E-state index in [0.29, 0.717) is 5.92 Å². The van der Waals surface area contributed by atoms with E-state index in [1.54, 1.807) is 0 Å². The second kappa shape index (κ2) is 4.61. The summed E-state index contributed by atoms with van der Waals surface area (Å²) in [7, 11) is 0. The van der Waals surface area contributed by atoms with Gasteiger partial charge in [-0.2, -0.15) is 0 Å². The maximum absolute atomic E-state index is 11.1. The first kappa shape index (κ1) is 10.5. The molecule has 0 aliphatic heterocycles. The standard InChI is InChI=1S/C12H15NO/c1-4-12(14)13-11-8-6-5-7-10(11)9(2)3/h4-9H,1H2,2-3H3,(H,13,14). The van der Waals surface area contributed by atoms with E-state index in [1.165, 1.54) is 6.08 Å². The van der Waals surface area contributed by atoms with E-state index < -0.39 is 0 Å². The Morgan fingerprint density at radius 2 is 2.07 bits per heavy atom. The molecule has 1 aromatic carbocycles. The fraction of sp³-hybridized carbons (Fsp3) is 0.250. The summed E-state index contributed by atoms with van der Waals surface area (Å²) >= 11 is 0. The van der Waals surface area contributed by atoms with Crippen LogP contribution in [0.25, 0.3) is 0 Å². The molecule has 74 valence electrons. The molecule has 1 N–H and O–H groups in total. The summed E-state index contributed by atoms with van der Waals surface area (Å²) in [6.07, 6.45) is 1.27. The van der Waals surface area contributed by atoms with Crippen LogP contribution < -0.4 is 5.32 Å². The number of hydrogen-bond donors (Lipinski definition) is 1. The molecule has 14 heavy (non-hydrogen) atoms. The predicted octanol–water partition coefficient (Wildman–Crippen LogP) is 2.93. The Kier molecular flexibility index (Phi) is 3.46. The Morgan fingerprint density at radius 3 is 2.64 bits per heavy atom. The lowest BCUT2D eigenvalue weighted by molar-refractivity contribution is -0.111. The van der Waals surface area contributed by atoms with Crippen LogP contribution in [0, 0.1) is 0 Å². The highest BCUT2D eigenvalue weighted by Crippen LogP contribution is 2.23. The molecule has 1 aromatic rings. The van der Waals surface area contributed by atoms with Gasteiger partial charge >= 0.3 is 0 Å². The molecule has 0 aromatic heterocycles. The molecule has 0 aliphatic carbocycles. The smallest absolute Gasteiger partial charge is 0.247 e. The molecular formula is C12H15NO. The molecule has 0 bridgehead atoms. The Balaban J connectivity index is 2.95. The van der Waals surface area contributed by atoms with E-state index in [9.17, 15) is 4.79 Å². The monoisotopic (exact) mass is 189 g/mol. The van der Waals surface area contributed by atoms with Crippen molar-refractivity contribution in [2.24, 2.45) is 0 Å². The average molecular weight is 189 g/mol. The Morgan fingerprint density at radius 1 is 1.43 bits per heavy atom. The summed E-state index contributed by atoms with van der Waals surface area (Å²) in [5, 5.41) is 2.78. The number of anilines is 1. The van der Waals surface area contributed by atoms with Gasteiger partial charge in [-0.3, -0.25) is 4.79 Å². The lowest BCUT2D eigenvalue weighted by Crippen LogP contribution is -2.09. The minimum atomic E-state index is -0.168. The topological polar surface area (TPSA) is 29.1 Å². The molecule has 1 amide bonds. The Hall–Kier alpha value is -1.57. The number of carbonyl (C=O) groups excluding carboxylic acids is 1. The molecule has 0 atom stereocenters. The van der Waals surface area contributed by atoms with Crippen LogP contribution in [-0.4, -0.2) is 5.91 Å². The fourth-order valence-corrected chi connectivity index (χ4v) is 1.30. The predicted molar refractivity (Wildman–Crippen MR) is 59.4 cm³/mol. The fourth-order valence-electron chi connectivity index (χ4n) is 1.30. The van der Waals surface area contributed by atoms with Crippen molar-refractivity contribution in [3.8, 4) is 0 Å². The average Bonchev–Trinajstić information content (AvgIpc) is 2.18. The Bertz CT molecular complexity index is 342. The first-order valence-electron chi connectivity index (χ1n) is 4.67. The molecule has 2 nitrogen and oxygen atoms in total. The highest BCUT2D eigenvalue weighted by atomic mass is 16.1. The zero-order valence-corrected chi connectivity index (χ0v) is 8.58. The van der Waals surface area contributed by atoms with Gasteiger partial charge in [-0.1, -0.05) is 38.6 Å². The van der Waals surface area contributed by atoms with Crippen LogP contribution in [0.3, 0.4) is 0 Å². The molecule has 0 saturated heterocycles. The van der Waals surface area contributed by atoms with Gasteiger partial charge in [0.05, 0.1) is 0 Å². The van der Waals surface area contributed by atoms with Gasteiger partial charge in [-0.05, 0) is 23.6 Å². The summed E-state index contributed by atoms with van der Waals surface area (Å²) in [5.41, 5.74) is 2.01.